The standard InChI is InChI=1S/C21H24N4O4/c1-3-24-10-12-25(13-11-24)20(27)18-14-16(8-9-22-18)19(26)23-17-6-4-15(5-7-17)21(28)29-2/h4-9,14H,3,10-13H2,1-2H3,(H,23,26). The van der Waals surface area contributed by atoms with Gasteiger partial charge < -0.3 is 19.9 Å². The van der Waals surface area contributed by atoms with Crippen molar-refractivity contribution in [3.63, 3.8) is 0 Å². The largest absolute Gasteiger partial charge is 0.465 e. The highest BCUT2D eigenvalue weighted by Gasteiger charge is 2.23. The van der Waals surface area contributed by atoms with Crippen molar-refractivity contribution in [2.75, 3.05) is 45.2 Å². The van der Waals surface area contributed by atoms with Gasteiger partial charge in [0, 0.05) is 43.6 Å². The van der Waals surface area contributed by atoms with Crippen LogP contribution in [0.4, 0.5) is 5.69 Å². The van der Waals surface area contributed by atoms with Gasteiger partial charge in [0.05, 0.1) is 12.7 Å². The molecule has 0 unspecified atom stereocenters. The Labute approximate surface area is 169 Å². The molecule has 1 aromatic heterocycles. The van der Waals surface area contributed by atoms with Crippen molar-refractivity contribution in [3.05, 3.63) is 59.4 Å². The van der Waals surface area contributed by atoms with Crippen LogP contribution >= 0.6 is 0 Å². The number of aromatic nitrogens is 1. The van der Waals surface area contributed by atoms with Crippen molar-refractivity contribution in [2.45, 2.75) is 6.92 Å². The fraction of sp³-hybridized carbons (Fsp3) is 0.333. The average Bonchev–Trinajstić information content (AvgIpc) is 2.78. The summed E-state index contributed by atoms with van der Waals surface area (Å²) in [5, 5.41) is 2.75. The Kier molecular flexibility index (Phi) is 6.56. The molecule has 2 amide bonds. The van der Waals surface area contributed by atoms with E-state index in [2.05, 4.69) is 26.9 Å². The average molecular weight is 396 g/mol. The van der Waals surface area contributed by atoms with Crippen molar-refractivity contribution < 1.29 is 19.1 Å². The third-order valence-electron chi connectivity index (χ3n) is 4.91. The fourth-order valence-electron chi connectivity index (χ4n) is 3.13. The number of amides is 2. The van der Waals surface area contributed by atoms with Crippen LogP contribution in [-0.4, -0.2) is 72.4 Å². The third-order valence-corrected chi connectivity index (χ3v) is 4.91. The maximum Gasteiger partial charge on any atom is 0.337 e. The Hall–Kier alpha value is -3.26. The molecular formula is C21H24N4O4. The number of carbonyl (C=O) groups excluding carboxylic acids is 3. The lowest BCUT2D eigenvalue weighted by atomic mass is 10.1. The summed E-state index contributed by atoms with van der Waals surface area (Å²) in [7, 11) is 1.31. The van der Waals surface area contributed by atoms with E-state index in [1.54, 1.807) is 35.2 Å². The Morgan fingerprint density at radius 1 is 1.03 bits per heavy atom. The van der Waals surface area contributed by atoms with Crippen LogP contribution < -0.4 is 5.32 Å². The number of ether oxygens (including phenoxy) is 1. The van der Waals surface area contributed by atoms with Crippen LogP contribution in [0.2, 0.25) is 0 Å². The number of hydrogen-bond acceptors (Lipinski definition) is 6. The number of benzene rings is 1. The Morgan fingerprint density at radius 2 is 1.72 bits per heavy atom. The van der Waals surface area contributed by atoms with Crippen LogP contribution in [-0.2, 0) is 4.74 Å². The summed E-state index contributed by atoms with van der Waals surface area (Å²) >= 11 is 0. The summed E-state index contributed by atoms with van der Waals surface area (Å²) in [6.07, 6.45) is 1.46. The van der Waals surface area contributed by atoms with Crippen LogP contribution in [0.25, 0.3) is 0 Å². The van der Waals surface area contributed by atoms with E-state index >= 15 is 0 Å². The molecule has 0 aliphatic carbocycles. The van der Waals surface area contributed by atoms with Crippen LogP contribution in [0.1, 0.15) is 38.1 Å². The molecular weight excluding hydrogens is 372 g/mol. The molecule has 8 heteroatoms. The topological polar surface area (TPSA) is 91.8 Å². The van der Waals surface area contributed by atoms with Crippen LogP contribution in [0.3, 0.4) is 0 Å². The maximum absolute atomic E-state index is 12.7. The highest BCUT2D eigenvalue weighted by Crippen LogP contribution is 2.14. The van der Waals surface area contributed by atoms with Gasteiger partial charge >= 0.3 is 5.97 Å². The van der Waals surface area contributed by atoms with Gasteiger partial charge in [-0.05, 0) is 42.9 Å². The van der Waals surface area contributed by atoms with E-state index in [-0.39, 0.29) is 17.5 Å². The molecule has 2 heterocycles. The van der Waals surface area contributed by atoms with E-state index in [4.69, 9.17) is 0 Å². The van der Waals surface area contributed by atoms with Gasteiger partial charge in [-0.15, -0.1) is 0 Å². The number of piperazine rings is 1. The van der Waals surface area contributed by atoms with Gasteiger partial charge in [0.25, 0.3) is 11.8 Å². The predicted molar refractivity (Wildman–Crippen MR) is 108 cm³/mol. The second kappa shape index (κ2) is 9.29. The highest BCUT2D eigenvalue weighted by atomic mass is 16.5. The highest BCUT2D eigenvalue weighted by molar-refractivity contribution is 6.05. The normalized spacial score (nSPS) is 14.3. The van der Waals surface area contributed by atoms with Gasteiger partial charge in [-0.3, -0.25) is 14.6 Å². The summed E-state index contributed by atoms with van der Waals surface area (Å²) in [5.41, 5.74) is 1.52. The quantitative estimate of drug-likeness (QED) is 0.776. The zero-order chi connectivity index (χ0) is 20.8. The molecule has 1 saturated heterocycles. The molecule has 0 atom stereocenters. The minimum atomic E-state index is -0.445. The summed E-state index contributed by atoms with van der Waals surface area (Å²) < 4.78 is 4.65. The summed E-state index contributed by atoms with van der Waals surface area (Å²) in [6.45, 7) is 6.04. The minimum absolute atomic E-state index is 0.169. The zero-order valence-electron chi connectivity index (χ0n) is 16.6. The molecule has 1 N–H and O–H groups in total. The van der Waals surface area contributed by atoms with Crippen molar-refractivity contribution >= 4 is 23.5 Å². The Balaban J connectivity index is 1.66. The number of rotatable bonds is 5. The number of nitrogens with one attached hydrogen (secondary N) is 1. The van der Waals surface area contributed by atoms with E-state index in [1.165, 1.54) is 19.4 Å². The first kappa shape index (κ1) is 20.5. The molecule has 1 aromatic carbocycles. The van der Waals surface area contributed by atoms with Gasteiger partial charge in [-0.1, -0.05) is 6.92 Å². The molecule has 29 heavy (non-hydrogen) atoms. The monoisotopic (exact) mass is 396 g/mol. The van der Waals surface area contributed by atoms with E-state index in [0.717, 1.165) is 19.6 Å². The number of hydrogen-bond donors (Lipinski definition) is 1. The van der Waals surface area contributed by atoms with Crippen LogP contribution in [0.5, 0.6) is 0 Å². The molecule has 0 saturated carbocycles. The Bertz CT molecular complexity index is 890. The smallest absolute Gasteiger partial charge is 0.337 e. The molecule has 0 radical (unpaired) electrons. The summed E-state index contributed by atoms with van der Waals surface area (Å²) in [4.78, 5) is 45.0. The van der Waals surface area contributed by atoms with E-state index < -0.39 is 5.97 Å². The first-order valence-electron chi connectivity index (χ1n) is 9.49. The first-order chi connectivity index (χ1) is 14.0. The SMILES string of the molecule is CCN1CCN(C(=O)c2cc(C(=O)Nc3ccc(C(=O)OC)cc3)ccn2)CC1. The van der Waals surface area contributed by atoms with E-state index in [1.807, 2.05) is 0 Å². The molecule has 1 fully saturated rings. The predicted octanol–water partition coefficient (Wildman–Crippen LogP) is 1.90. The van der Waals surface area contributed by atoms with Gasteiger partial charge in [0.1, 0.15) is 5.69 Å². The zero-order valence-corrected chi connectivity index (χ0v) is 16.6. The molecule has 152 valence electrons. The van der Waals surface area contributed by atoms with Gasteiger partial charge in [0.2, 0.25) is 0 Å². The molecule has 0 bridgehead atoms. The fourth-order valence-corrected chi connectivity index (χ4v) is 3.13. The van der Waals surface area contributed by atoms with Gasteiger partial charge in [-0.25, -0.2) is 4.79 Å². The summed E-state index contributed by atoms with van der Waals surface area (Å²) in [5.74, 6) is -0.971. The van der Waals surface area contributed by atoms with Crippen molar-refractivity contribution in [3.8, 4) is 0 Å². The van der Waals surface area contributed by atoms with E-state index in [0.29, 0.717) is 29.9 Å². The van der Waals surface area contributed by atoms with Crippen LogP contribution in [0, 0.1) is 0 Å². The van der Waals surface area contributed by atoms with Crippen molar-refractivity contribution in [2.24, 2.45) is 0 Å². The Morgan fingerprint density at radius 3 is 2.34 bits per heavy atom. The van der Waals surface area contributed by atoms with Crippen molar-refractivity contribution in [1.29, 1.82) is 0 Å². The maximum atomic E-state index is 12.7. The number of anilines is 1. The number of pyridine rings is 1. The number of esters is 1. The lowest BCUT2D eigenvalue weighted by molar-refractivity contribution is 0.0599. The molecule has 1 aliphatic rings. The summed E-state index contributed by atoms with van der Waals surface area (Å²) in [6, 6.07) is 9.43. The number of nitrogens with zero attached hydrogens (tertiary/aromatic N) is 3. The van der Waals surface area contributed by atoms with Crippen molar-refractivity contribution in [1.82, 2.24) is 14.8 Å². The van der Waals surface area contributed by atoms with E-state index in [9.17, 15) is 14.4 Å². The number of likely N-dealkylation sites (N-methyl/N-ethyl adjacent to an activating group) is 1. The van der Waals surface area contributed by atoms with Gasteiger partial charge in [-0.2, -0.15) is 0 Å². The van der Waals surface area contributed by atoms with Gasteiger partial charge in [0.15, 0.2) is 0 Å². The minimum Gasteiger partial charge on any atom is -0.465 e. The lowest BCUT2D eigenvalue weighted by Gasteiger charge is -2.33. The van der Waals surface area contributed by atoms with Crippen LogP contribution in [0.15, 0.2) is 42.6 Å². The lowest BCUT2D eigenvalue weighted by Crippen LogP contribution is -2.48. The molecule has 1 aliphatic heterocycles. The third kappa shape index (κ3) is 4.97. The second-order valence-electron chi connectivity index (χ2n) is 6.68. The second-order valence-corrected chi connectivity index (χ2v) is 6.68. The molecule has 2 aromatic rings. The molecule has 8 nitrogen and oxygen atoms in total. The first-order valence-corrected chi connectivity index (χ1v) is 9.49. The molecule has 3 rings (SSSR count). The number of carbonyl (C=O) groups is 3. The molecule has 0 spiro atoms. The number of methoxy groups -OCH3 is 1.